The summed E-state index contributed by atoms with van der Waals surface area (Å²) in [5, 5.41) is 19.8. The first-order chi connectivity index (χ1) is 8.66. The van der Waals surface area contributed by atoms with Crippen molar-refractivity contribution >= 4 is 18.0 Å². The SMILES string of the molecule is CC(C)C(C)N(C)C(=O)N[C@@H](CCC(=O)O)C(=O)O. The lowest BCUT2D eigenvalue weighted by atomic mass is 10.1. The molecule has 0 fully saturated rings. The van der Waals surface area contributed by atoms with Crippen LogP contribution in [0.15, 0.2) is 0 Å². The Balaban J connectivity index is 4.54. The molecule has 0 aliphatic carbocycles. The summed E-state index contributed by atoms with van der Waals surface area (Å²) in [6.07, 6.45) is -0.443. The first-order valence-corrected chi connectivity index (χ1v) is 6.14. The number of urea groups is 1. The molecule has 1 unspecified atom stereocenters. The van der Waals surface area contributed by atoms with Gasteiger partial charge in [-0.25, -0.2) is 9.59 Å². The summed E-state index contributed by atoms with van der Waals surface area (Å²) < 4.78 is 0. The molecule has 19 heavy (non-hydrogen) atoms. The third kappa shape index (κ3) is 6.08. The van der Waals surface area contributed by atoms with E-state index in [9.17, 15) is 14.4 Å². The van der Waals surface area contributed by atoms with Crippen molar-refractivity contribution in [1.82, 2.24) is 10.2 Å². The fourth-order valence-corrected chi connectivity index (χ4v) is 1.41. The average molecular weight is 274 g/mol. The summed E-state index contributed by atoms with van der Waals surface area (Å²) in [7, 11) is 1.58. The lowest BCUT2D eigenvalue weighted by Gasteiger charge is -2.29. The molecule has 0 saturated carbocycles. The fraction of sp³-hybridized carbons (Fsp3) is 0.750. The van der Waals surface area contributed by atoms with E-state index in [4.69, 9.17) is 10.2 Å². The molecule has 0 aliphatic heterocycles. The van der Waals surface area contributed by atoms with Gasteiger partial charge >= 0.3 is 18.0 Å². The summed E-state index contributed by atoms with van der Waals surface area (Å²) in [4.78, 5) is 34.6. The second-order valence-corrected chi connectivity index (χ2v) is 4.87. The molecule has 0 radical (unpaired) electrons. The van der Waals surface area contributed by atoms with Crippen molar-refractivity contribution in [1.29, 1.82) is 0 Å². The van der Waals surface area contributed by atoms with E-state index < -0.39 is 24.0 Å². The molecule has 0 bridgehead atoms. The highest BCUT2D eigenvalue weighted by molar-refractivity contribution is 5.83. The molecule has 2 amide bonds. The predicted molar refractivity (Wildman–Crippen MR) is 68.9 cm³/mol. The highest BCUT2D eigenvalue weighted by Gasteiger charge is 2.25. The van der Waals surface area contributed by atoms with E-state index in [1.807, 2.05) is 20.8 Å². The topological polar surface area (TPSA) is 107 Å². The minimum atomic E-state index is -1.24. The van der Waals surface area contributed by atoms with Crippen molar-refractivity contribution in [2.75, 3.05) is 7.05 Å². The van der Waals surface area contributed by atoms with Gasteiger partial charge in [-0.2, -0.15) is 0 Å². The summed E-state index contributed by atoms with van der Waals surface area (Å²) in [5.74, 6) is -2.09. The van der Waals surface area contributed by atoms with Gasteiger partial charge in [0.1, 0.15) is 6.04 Å². The van der Waals surface area contributed by atoms with Crippen LogP contribution in [0, 0.1) is 5.92 Å². The van der Waals surface area contributed by atoms with Crippen molar-refractivity contribution in [3.63, 3.8) is 0 Å². The van der Waals surface area contributed by atoms with Crippen LogP contribution < -0.4 is 5.32 Å². The molecule has 2 atom stereocenters. The van der Waals surface area contributed by atoms with Crippen LogP contribution in [0.4, 0.5) is 4.79 Å². The van der Waals surface area contributed by atoms with Crippen molar-refractivity contribution in [3.8, 4) is 0 Å². The van der Waals surface area contributed by atoms with Gasteiger partial charge in [-0.1, -0.05) is 13.8 Å². The first-order valence-electron chi connectivity index (χ1n) is 6.14. The van der Waals surface area contributed by atoms with Gasteiger partial charge in [0.2, 0.25) is 0 Å². The maximum absolute atomic E-state index is 11.9. The molecular formula is C12H22N2O5. The van der Waals surface area contributed by atoms with E-state index in [2.05, 4.69) is 5.32 Å². The van der Waals surface area contributed by atoms with Gasteiger partial charge in [-0.05, 0) is 19.3 Å². The van der Waals surface area contributed by atoms with Crippen LogP contribution in [0.1, 0.15) is 33.6 Å². The van der Waals surface area contributed by atoms with Crippen LogP contribution in [0.2, 0.25) is 0 Å². The average Bonchev–Trinajstić information content (AvgIpc) is 2.31. The molecule has 0 spiro atoms. The Kier molecular flexibility index (Phi) is 6.89. The summed E-state index contributed by atoms with van der Waals surface area (Å²) in [5.41, 5.74) is 0. The van der Waals surface area contributed by atoms with Crippen molar-refractivity contribution in [3.05, 3.63) is 0 Å². The van der Waals surface area contributed by atoms with Gasteiger partial charge < -0.3 is 20.4 Å². The van der Waals surface area contributed by atoms with Crippen molar-refractivity contribution in [2.45, 2.75) is 45.7 Å². The molecule has 7 heteroatoms. The lowest BCUT2D eigenvalue weighted by Crippen LogP contribution is -2.50. The minimum Gasteiger partial charge on any atom is -0.481 e. The predicted octanol–water partition coefficient (Wildman–Crippen LogP) is 0.990. The molecule has 0 aromatic heterocycles. The maximum Gasteiger partial charge on any atom is 0.326 e. The van der Waals surface area contributed by atoms with Crippen molar-refractivity contribution in [2.24, 2.45) is 5.92 Å². The summed E-state index contributed by atoms with van der Waals surface area (Å²) in [6, 6.07) is -1.75. The summed E-state index contributed by atoms with van der Waals surface area (Å²) >= 11 is 0. The zero-order chi connectivity index (χ0) is 15.2. The standard InChI is InChI=1S/C12H22N2O5/c1-7(2)8(3)14(4)12(19)13-9(11(17)18)5-6-10(15)16/h7-9H,5-6H2,1-4H3,(H,13,19)(H,15,16)(H,17,18)/t8?,9-/m0/s1. The third-order valence-electron chi connectivity index (χ3n) is 3.14. The van der Waals surface area contributed by atoms with Crippen LogP contribution in [0.5, 0.6) is 0 Å². The number of carbonyl (C=O) groups is 3. The number of amides is 2. The number of hydrogen-bond acceptors (Lipinski definition) is 3. The fourth-order valence-electron chi connectivity index (χ4n) is 1.41. The number of rotatable bonds is 7. The van der Waals surface area contributed by atoms with E-state index in [1.54, 1.807) is 7.05 Å². The van der Waals surface area contributed by atoms with Crippen LogP contribution in [-0.2, 0) is 9.59 Å². The molecule has 0 saturated heterocycles. The zero-order valence-electron chi connectivity index (χ0n) is 11.7. The van der Waals surface area contributed by atoms with Gasteiger partial charge in [0.15, 0.2) is 0 Å². The van der Waals surface area contributed by atoms with Crippen molar-refractivity contribution < 1.29 is 24.6 Å². The smallest absolute Gasteiger partial charge is 0.326 e. The van der Waals surface area contributed by atoms with E-state index in [1.165, 1.54) is 4.90 Å². The van der Waals surface area contributed by atoms with Gasteiger partial charge in [0, 0.05) is 19.5 Å². The van der Waals surface area contributed by atoms with E-state index in [0.29, 0.717) is 0 Å². The van der Waals surface area contributed by atoms with Crippen LogP contribution in [0.3, 0.4) is 0 Å². The monoisotopic (exact) mass is 274 g/mol. The highest BCUT2D eigenvalue weighted by Crippen LogP contribution is 2.08. The van der Waals surface area contributed by atoms with E-state index >= 15 is 0 Å². The Bertz CT molecular complexity index is 343. The van der Waals surface area contributed by atoms with Gasteiger partial charge in [0.05, 0.1) is 0 Å². The molecule has 3 N–H and O–H groups in total. The molecule has 0 aliphatic rings. The van der Waals surface area contributed by atoms with E-state index in [0.717, 1.165) is 0 Å². The van der Waals surface area contributed by atoms with Crippen LogP contribution in [0.25, 0.3) is 0 Å². The molecular weight excluding hydrogens is 252 g/mol. The number of carboxylic acids is 2. The summed E-state index contributed by atoms with van der Waals surface area (Å²) in [6.45, 7) is 5.76. The molecule has 0 aromatic carbocycles. The quantitative estimate of drug-likeness (QED) is 0.641. The Morgan fingerprint density at radius 1 is 1.16 bits per heavy atom. The number of nitrogens with one attached hydrogen (secondary N) is 1. The van der Waals surface area contributed by atoms with Gasteiger partial charge in [0.25, 0.3) is 0 Å². The Hall–Kier alpha value is -1.79. The number of carboxylic acid groups (broad SMARTS) is 2. The number of nitrogens with zero attached hydrogens (tertiary/aromatic N) is 1. The number of hydrogen-bond donors (Lipinski definition) is 3. The highest BCUT2D eigenvalue weighted by atomic mass is 16.4. The second-order valence-electron chi connectivity index (χ2n) is 4.87. The molecule has 7 nitrogen and oxygen atoms in total. The Morgan fingerprint density at radius 3 is 2.05 bits per heavy atom. The third-order valence-corrected chi connectivity index (χ3v) is 3.14. The normalized spacial score (nSPS) is 13.7. The molecule has 110 valence electrons. The lowest BCUT2D eigenvalue weighted by molar-refractivity contribution is -0.140. The second kappa shape index (κ2) is 7.60. The molecule has 0 rings (SSSR count). The van der Waals surface area contributed by atoms with Gasteiger partial charge in [-0.3, -0.25) is 4.79 Å². The molecule has 0 heterocycles. The number of aliphatic carboxylic acids is 2. The zero-order valence-corrected chi connectivity index (χ0v) is 11.7. The number of carbonyl (C=O) groups excluding carboxylic acids is 1. The Labute approximate surface area is 112 Å². The largest absolute Gasteiger partial charge is 0.481 e. The van der Waals surface area contributed by atoms with Gasteiger partial charge in [-0.15, -0.1) is 0 Å². The molecule has 0 aromatic rings. The van der Waals surface area contributed by atoms with Crippen LogP contribution in [-0.4, -0.2) is 52.2 Å². The first kappa shape index (κ1) is 17.2. The maximum atomic E-state index is 11.9. The minimum absolute atomic E-state index is 0.0473. The van der Waals surface area contributed by atoms with E-state index in [-0.39, 0.29) is 24.8 Å². The van der Waals surface area contributed by atoms with Crippen LogP contribution >= 0.6 is 0 Å². The Morgan fingerprint density at radius 2 is 1.68 bits per heavy atom.